The monoisotopic (exact) mass is 487 g/mol. The number of nitrogens with one attached hydrogen (secondary N) is 3. The van der Waals surface area contributed by atoms with Crippen LogP contribution in [0.4, 0.5) is 15.1 Å². The molecule has 1 aromatic carbocycles. The van der Waals surface area contributed by atoms with Gasteiger partial charge in [-0.15, -0.1) is 11.3 Å². The van der Waals surface area contributed by atoms with E-state index in [1.165, 1.54) is 24.3 Å². The van der Waals surface area contributed by atoms with Gasteiger partial charge in [-0.25, -0.2) is 4.39 Å². The fourth-order valence-electron chi connectivity index (χ4n) is 2.96. The molecule has 0 unspecified atom stereocenters. The topological polar surface area (TPSA) is 70.2 Å². The smallest absolute Gasteiger partial charge is 0.254 e. The van der Waals surface area contributed by atoms with Crippen LogP contribution in [0, 0.1) is 16.3 Å². The maximum atomic E-state index is 14.2. The fourth-order valence-corrected chi connectivity index (χ4v) is 4.52. The molecule has 1 fully saturated rings. The van der Waals surface area contributed by atoms with Gasteiger partial charge in [0.05, 0.1) is 16.1 Å². The molecule has 0 bridgehead atoms. The van der Waals surface area contributed by atoms with Gasteiger partial charge in [0.1, 0.15) is 10.8 Å². The van der Waals surface area contributed by atoms with Gasteiger partial charge in [-0.2, -0.15) is 0 Å². The lowest BCUT2D eigenvalue weighted by atomic mass is 10.1. The molecule has 2 heterocycles. The van der Waals surface area contributed by atoms with Gasteiger partial charge >= 0.3 is 0 Å². The maximum Gasteiger partial charge on any atom is 0.254 e. The zero-order valence-corrected chi connectivity index (χ0v) is 17.4. The Hall–Kier alpha value is -1.52. The number of ketones is 1. The Labute approximate surface area is 168 Å². The highest BCUT2D eigenvalue weighted by molar-refractivity contribution is 14.1. The van der Waals surface area contributed by atoms with Crippen molar-refractivity contribution in [2.75, 3.05) is 18.4 Å². The van der Waals surface area contributed by atoms with Crippen molar-refractivity contribution < 1.29 is 14.0 Å². The molecule has 3 N–H and O–H groups in total. The third-order valence-electron chi connectivity index (χ3n) is 4.27. The van der Waals surface area contributed by atoms with E-state index in [0.29, 0.717) is 21.0 Å². The van der Waals surface area contributed by atoms with E-state index < -0.39 is 5.82 Å². The highest BCUT2D eigenvalue weighted by atomic mass is 127. The first-order chi connectivity index (χ1) is 12.4. The SMILES string of the molecule is CC(=O)c1sc(Nc2ccc(I)cc2F)c(C(=O)N[C@@H]2CCNC2)c1C. The number of anilines is 2. The molecule has 138 valence electrons. The molecule has 5 nitrogen and oxygen atoms in total. The van der Waals surface area contributed by atoms with Crippen LogP contribution in [0.1, 0.15) is 38.9 Å². The molecular formula is C18H19FIN3O2S. The molecule has 26 heavy (non-hydrogen) atoms. The minimum Gasteiger partial charge on any atom is -0.348 e. The molecule has 0 aliphatic carbocycles. The molecule has 3 rings (SSSR count). The van der Waals surface area contributed by atoms with Crippen LogP contribution in [0.25, 0.3) is 0 Å². The number of amides is 1. The summed E-state index contributed by atoms with van der Waals surface area (Å²) in [6, 6.07) is 4.88. The Morgan fingerprint density at radius 1 is 1.38 bits per heavy atom. The lowest BCUT2D eigenvalue weighted by Gasteiger charge is -2.13. The van der Waals surface area contributed by atoms with Crippen molar-refractivity contribution in [2.45, 2.75) is 26.3 Å². The molecule has 8 heteroatoms. The Morgan fingerprint density at radius 2 is 2.15 bits per heavy atom. The van der Waals surface area contributed by atoms with E-state index in [9.17, 15) is 14.0 Å². The minimum absolute atomic E-state index is 0.0606. The lowest BCUT2D eigenvalue weighted by Crippen LogP contribution is -2.36. The zero-order chi connectivity index (χ0) is 18.8. The third kappa shape index (κ3) is 4.07. The minimum atomic E-state index is -0.404. The Kier molecular flexibility index (Phi) is 5.93. The van der Waals surface area contributed by atoms with Crippen molar-refractivity contribution >= 4 is 56.3 Å². The summed E-state index contributed by atoms with van der Waals surface area (Å²) in [5, 5.41) is 9.68. The van der Waals surface area contributed by atoms with Crippen LogP contribution in [0.15, 0.2) is 18.2 Å². The predicted molar refractivity (Wildman–Crippen MR) is 110 cm³/mol. The molecule has 1 aliphatic rings. The molecule has 1 amide bonds. The first kappa shape index (κ1) is 19.2. The molecule has 1 atom stereocenters. The third-order valence-corrected chi connectivity index (χ3v) is 6.25. The number of carbonyl (C=O) groups excluding carboxylic acids is 2. The first-order valence-electron chi connectivity index (χ1n) is 8.24. The average Bonchev–Trinajstić information content (AvgIpc) is 3.18. The molecule has 1 aromatic heterocycles. The van der Waals surface area contributed by atoms with Gasteiger partial charge in [-0.05, 0) is 73.2 Å². The van der Waals surface area contributed by atoms with E-state index in [0.717, 1.165) is 23.1 Å². The van der Waals surface area contributed by atoms with Gasteiger partial charge in [0.2, 0.25) is 0 Å². The standard InChI is InChI=1S/C18H19FIN3O2S/c1-9-15(17(25)22-12-5-6-21-8-12)18(26-16(9)10(2)24)23-14-4-3-11(20)7-13(14)19/h3-4,7,12,21,23H,5-6,8H2,1-2H3,(H,22,25)/t12-/m1/s1. The highest BCUT2D eigenvalue weighted by Crippen LogP contribution is 2.36. The van der Waals surface area contributed by atoms with Crippen molar-refractivity contribution in [3.8, 4) is 0 Å². The number of thiophene rings is 1. The van der Waals surface area contributed by atoms with Crippen molar-refractivity contribution in [1.29, 1.82) is 0 Å². The normalized spacial score (nSPS) is 16.5. The van der Waals surface area contributed by atoms with E-state index >= 15 is 0 Å². The lowest BCUT2D eigenvalue weighted by molar-refractivity contribution is 0.0940. The van der Waals surface area contributed by atoms with Crippen molar-refractivity contribution in [2.24, 2.45) is 0 Å². The Balaban J connectivity index is 1.96. The second kappa shape index (κ2) is 8.01. The van der Waals surface area contributed by atoms with E-state index in [1.807, 2.05) is 22.6 Å². The molecule has 0 saturated carbocycles. The molecule has 1 saturated heterocycles. The number of hydrogen-bond acceptors (Lipinski definition) is 5. The summed E-state index contributed by atoms with van der Waals surface area (Å²) in [6.45, 7) is 4.81. The second-order valence-electron chi connectivity index (χ2n) is 6.23. The van der Waals surface area contributed by atoms with Gasteiger partial charge < -0.3 is 16.0 Å². The van der Waals surface area contributed by atoms with Crippen molar-refractivity contribution in [1.82, 2.24) is 10.6 Å². The van der Waals surface area contributed by atoms with E-state index in [4.69, 9.17) is 0 Å². The van der Waals surface area contributed by atoms with Gasteiger partial charge in [0, 0.05) is 16.2 Å². The van der Waals surface area contributed by atoms with Crippen LogP contribution in [-0.4, -0.2) is 30.8 Å². The summed E-state index contributed by atoms with van der Waals surface area (Å²) in [5.74, 6) is -0.757. The summed E-state index contributed by atoms with van der Waals surface area (Å²) < 4.78 is 15.0. The van der Waals surface area contributed by atoms with Crippen LogP contribution >= 0.6 is 33.9 Å². The van der Waals surface area contributed by atoms with Crippen LogP contribution in [0.3, 0.4) is 0 Å². The average molecular weight is 487 g/mol. The number of hydrogen-bond donors (Lipinski definition) is 3. The van der Waals surface area contributed by atoms with Crippen molar-refractivity contribution in [3.05, 3.63) is 43.6 Å². The van der Waals surface area contributed by atoms with Crippen molar-refractivity contribution in [3.63, 3.8) is 0 Å². The van der Waals surface area contributed by atoms with Gasteiger partial charge in [-0.3, -0.25) is 9.59 Å². The highest BCUT2D eigenvalue weighted by Gasteiger charge is 2.26. The summed E-state index contributed by atoms with van der Waals surface area (Å²) in [6.07, 6.45) is 0.864. The largest absolute Gasteiger partial charge is 0.348 e. The number of Topliss-reactive ketones (excluding diaryl/α,β-unsaturated/α-hetero) is 1. The summed E-state index contributed by atoms with van der Waals surface area (Å²) >= 11 is 3.22. The zero-order valence-electron chi connectivity index (χ0n) is 14.4. The maximum absolute atomic E-state index is 14.2. The molecule has 0 spiro atoms. The van der Waals surface area contributed by atoms with Crippen LogP contribution in [-0.2, 0) is 0 Å². The Bertz CT molecular complexity index is 862. The first-order valence-corrected chi connectivity index (χ1v) is 10.1. The predicted octanol–water partition coefficient (Wildman–Crippen LogP) is 3.84. The van der Waals surface area contributed by atoms with Crippen LogP contribution in [0.5, 0.6) is 0 Å². The van der Waals surface area contributed by atoms with Gasteiger partial charge in [-0.1, -0.05) is 0 Å². The summed E-state index contributed by atoms with van der Waals surface area (Å²) in [4.78, 5) is 25.3. The van der Waals surface area contributed by atoms with Crippen LogP contribution < -0.4 is 16.0 Å². The number of rotatable bonds is 5. The molecule has 0 radical (unpaired) electrons. The molecule has 1 aliphatic heterocycles. The number of benzene rings is 1. The van der Waals surface area contributed by atoms with Gasteiger partial charge in [0.25, 0.3) is 5.91 Å². The number of halogens is 2. The second-order valence-corrected chi connectivity index (χ2v) is 8.50. The molecule has 2 aromatic rings. The van der Waals surface area contributed by atoms with E-state index in [2.05, 4.69) is 16.0 Å². The van der Waals surface area contributed by atoms with Crippen LogP contribution in [0.2, 0.25) is 0 Å². The molecular weight excluding hydrogens is 468 g/mol. The Morgan fingerprint density at radius 3 is 2.77 bits per heavy atom. The van der Waals surface area contributed by atoms with Gasteiger partial charge in [0.15, 0.2) is 5.78 Å². The summed E-state index contributed by atoms with van der Waals surface area (Å²) in [5.41, 5.74) is 1.31. The van der Waals surface area contributed by atoms with E-state index in [-0.39, 0.29) is 23.4 Å². The van der Waals surface area contributed by atoms with E-state index in [1.54, 1.807) is 19.1 Å². The number of carbonyl (C=O) groups is 2. The summed E-state index contributed by atoms with van der Waals surface area (Å²) in [7, 11) is 0. The quantitative estimate of drug-likeness (QED) is 0.443. The fraction of sp³-hybridized carbons (Fsp3) is 0.333.